The SMILES string of the molecule is CCCCCCCC1CCC(C2CCC3(CC2)C(=O)C2(CCC(C4CCC(CCCCC)CC4)CC2)C3=O)CC1. The Morgan fingerprint density at radius 2 is 0.775 bits per heavy atom. The number of Topliss-reactive ketones (excluding diaryl/α,β-unsaturated/α-hetero) is 2. The molecule has 0 N–H and O–H groups in total. The molecule has 2 spiro atoms. The van der Waals surface area contributed by atoms with Crippen molar-refractivity contribution in [2.75, 3.05) is 0 Å². The second kappa shape index (κ2) is 14.2. The minimum absolute atomic E-state index is 0.410. The van der Waals surface area contributed by atoms with Gasteiger partial charge >= 0.3 is 0 Å². The Morgan fingerprint density at radius 1 is 0.450 bits per heavy atom. The average Bonchev–Trinajstić information content (AvgIpc) is 3.01. The number of carbonyl (C=O) groups excluding carboxylic acids is 2. The maximum Gasteiger partial charge on any atom is 0.159 e. The molecule has 0 radical (unpaired) electrons. The van der Waals surface area contributed by atoms with Crippen LogP contribution in [-0.4, -0.2) is 11.6 Å². The second-order valence-electron chi connectivity index (χ2n) is 15.8. The molecule has 0 aromatic rings. The Bertz CT molecular complexity index is 775. The van der Waals surface area contributed by atoms with Gasteiger partial charge in [0, 0.05) is 0 Å². The first-order valence-electron chi connectivity index (χ1n) is 18.6. The van der Waals surface area contributed by atoms with Gasteiger partial charge < -0.3 is 0 Å². The van der Waals surface area contributed by atoms with E-state index in [-0.39, 0.29) is 0 Å². The van der Waals surface area contributed by atoms with Crippen molar-refractivity contribution in [2.24, 2.45) is 46.3 Å². The van der Waals surface area contributed by atoms with E-state index in [0.717, 1.165) is 86.9 Å². The van der Waals surface area contributed by atoms with Gasteiger partial charge in [-0.2, -0.15) is 0 Å². The minimum Gasteiger partial charge on any atom is -0.297 e. The van der Waals surface area contributed by atoms with Crippen LogP contribution in [0.25, 0.3) is 0 Å². The molecular weight excluding hydrogens is 488 g/mol. The predicted molar refractivity (Wildman–Crippen MR) is 167 cm³/mol. The average molecular weight is 553 g/mol. The summed E-state index contributed by atoms with van der Waals surface area (Å²) in [6.07, 6.45) is 33.6. The highest BCUT2D eigenvalue weighted by Crippen LogP contribution is 2.63. The van der Waals surface area contributed by atoms with Crippen LogP contribution in [0.3, 0.4) is 0 Å². The van der Waals surface area contributed by atoms with Gasteiger partial charge in [-0.15, -0.1) is 0 Å². The lowest BCUT2D eigenvalue weighted by Crippen LogP contribution is -2.68. The third-order valence-corrected chi connectivity index (χ3v) is 13.6. The Labute approximate surface area is 248 Å². The van der Waals surface area contributed by atoms with E-state index in [1.807, 2.05) is 0 Å². The lowest BCUT2D eigenvalue weighted by molar-refractivity contribution is -0.179. The Hall–Kier alpha value is -0.660. The van der Waals surface area contributed by atoms with E-state index in [1.165, 1.54) is 116 Å². The van der Waals surface area contributed by atoms with Gasteiger partial charge in [0.15, 0.2) is 11.6 Å². The van der Waals surface area contributed by atoms with Crippen LogP contribution in [0.4, 0.5) is 0 Å². The molecule has 0 atom stereocenters. The fourth-order valence-electron chi connectivity index (χ4n) is 10.8. The van der Waals surface area contributed by atoms with E-state index >= 15 is 0 Å². The van der Waals surface area contributed by atoms with Crippen LogP contribution >= 0.6 is 0 Å². The lowest BCUT2D eigenvalue weighted by atomic mass is 9.41. The third-order valence-electron chi connectivity index (χ3n) is 13.6. The van der Waals surface area contributed by atoms with Crippen molar-refractivity contribution in [3.8, 4) is 0 Å². The largest absolute Gasteiger partial charge is 0.297 e. The fourth-order valence-corrected chi connectivity index (χ4v) is 10.8. The summed E-state index contributed by atoms with van der Waals surface area (Å²) in [7, 11) is 0. The molecule has 5 aliphatic rings. The van der Waals surface area contributed by atoms with Gasteiger partial charge in [-0.1, -0.05) is 104 Å². The van der Waals surface area contributed by atoms with Crippen LogP contribution in [0.2, 0.25) is 0 Å². The molecule has 0 aromatic heterocycles. The van der Waals surface area contributed by atoms with E-state index in [0.29, 0.717) is 11.6 Å². The zero-order valence-corrected chi connectivity index (χ0v) is 26.7. The molecule has 40 heavy (non-hydrogen) atoms. The second-order valence-corrected chi connectivity index (χ2v) is 15.8. The van der Waals surface area contributed by atoms with Crippen molar-refractivity contribution in [3.05, 3.63) is 0 Å². The topological polar surface area (TPSA) is 34.1 Å². The monoisotopic (exact) mass is 552 g/mol. The molecule has 0 heterocycles. The summed E-state index contributed by atoms with van der Waals surface area (Å²) >= 11 is 0. The summed E-state index contributed by atoms with van der Waals surface area (Å²) in [6, 6.07) is 0. The first kappa shape index (κ1) is 30.8. The Balaban J connectivity index is 1.02. The molecule has 0 amide bonds. The summed E-state index contributed by atoms with van der Waals surface area (Å²) in [5, 5.41) is 0. The highest BCUT2D eigenvalue weighted by atomic mass is 16.2. The van der Waals surface area contributed by atoms with Crippen LogP contribution in [-0.2, 0) is 9.59 Å². The van der Waals surface area contributed by atoms with E-state index in [4.69, 9.17) is 0 Å². The summed E-state index contributed by atoms with van der Waals surface area (Å²) < 4.78 is 0. The molecule has 0 aromatic carbocycles. The first-order valence-corrected chi connectivity index (χ1v) is 18.6. The summed E-state index contributed by atoms with van der Waals surface area (Å²) in [5.74, 6) is 6.05. The zero-order chi connectivity index (χ0) is 28.0. The van der Waals surface area contributed by atoms with Gasteiger partial charge in [-0.05, 0) is 113 Å². The lowest BCUT2D eigenvalue weighted by Gasteiger charge is -2.58. The molecule has 0 aliphatic heterocycles. The van der Waals surface area contributed by atoms with Crippen molar-refractivity contribution in [1.29, 1.82) is 0 Å². The predicted octanol–water partition coefficient (Wildman–Crippen LogP) is 11.0. The van der Waals surface area contributed by atoms with Crippen LogP contribution in [0.1, 0.15) is 181 Å². The zero-order valence-electron chi connectivity index (χ0n) is 26.7. The van der Waals surface area contributed by atoms with Gasteiger partial charge in [0.2, 0.25) is 0 Å². The molecule has 2 nitrogen and oxygen atoms in total. The number of carbonyl (C=O) groups is 2. The molecule has 0 saturated heterocycles. The van der Waals surface area contributed by atoms with Crippen LogP contribution < -0.4 is 0 Å². The molecule has 5 aliphatic carbocycles. The van der Waals surface area contributed by atoms with Crippen molar-refractivity contribution in [1.82, 2.24) is 0 Å². The highest BCUT2D eigenvalue weighted by molar-refractivity contribution is 6.30. The molecule has 5 rings (SSSR count). The van der Waals surface area contributed by atoms with Crippen molar-refractivity contribution in [3.63, 3.8) is 0 Å². The maximum atomic E-state index is 13.8. The van der Waals surface area contributed by atoms with Crippen molar-refractivity contribution < 1.29 is 9.59 Å². The van der Waals surface area contributed by atoms with Gasteiger partial charge in [0.25, 0.3) is 0 Å². The maximum absolute atomic E-state index is 13.8. The molecule has 2 heteroatoms. The van der Waals surface area contributed by atoms with E-state index < -0.39 is 10.8 Å². The third kappa shape index (κ3) is 6.46. The number of ketones is 2. The Kier molecular flexibility index (Phi) is 10.9. The first-order chi connectivity index (χ1) is 19.5. The highest BCUT2D eigenvalue weighted by Gasteiger charge is 2.71. The number of unbranched alkanes of at least 4 members (excludes halogenated alkanes) is 6. The van der Waals surface area contributed by atoms with Gasteiger partial charge in [-0.25, -0.2) is 0 Å². The standard InChI is InChI=1S/C38H64O2/c1-3-5-7-8-10-12-30-15-19-32(20-16-30)34-23-27-38(28-24-34)35(39)37(36(38)40)25-21-33(22-26-37)31-17-13-29(14-18-31)11-9-6-4-2/h29-34H,3-28H2,1-2H3. The summed E-state index contributed by atoms with van der Waals surface area (Å²) in [5.41, 5.74) is -1.09. The summed E-state index contributed by atoms with van der Waals surface area (Å²) in [6.45, 7) is 4.61. The van der Waals surface area contributed by atoms with Crippen LogP contribution in [0, 0.1) is 46.3 Å². The molecular formula is C38H64O2. The quantitative estimate of drug-likeness (QED) is 0.178. The summed E-state index contributed by atoms with van der Waals surface area (Å²) in [4.78, 5) is 27.7. The molecule has 228 valence electrons. The molecule has 5 fully saturated rings. The molecule has 0 unspecified atom stereocenters. The Morgan fingerprint density at radius 3 is 1.18 bits per heavy atom. The smallest absolute Gasteiger partial charge is 0.159 e. The van der Waals surface area contributed by atoms with Crippen molar-refractivity contribution >= 4 is 11.6 Å². The van der Waals surface area contributed by atoms with Gasteiger partial charge in [0.05, 0.1) is 10.8 Å². The van der Waals surface area contributed by atoms with Gasteiger partial charge in [-0.3, -0.25) is 9.59 Å². The van der Waals surface area contributed by atoms with Crippen LogP contribution in [0.5, 0.6) is 0 Å². The molecule has 5 saturated carbocycles. The number of hydrogen-bond acceptors (Lipinski definition) is 2. The van der Waals surface area contributed by atoms with E-state index in [9.17, 15) is 9.59 Å². The number of rotatable bonds is 12. The minimum atomic E-state index is -0.546. The van der Waals surface area contributed by atoms with E-state index in [1.54, 1.807) is 0 Å². The normalized spacial score (nSPS) is 40.5. The fraction of sp³-hybridized carbons (Fsp3) is 0.947. The molecule has 0 bridgehead atoms. The van der Waals surface area contributed by atoms with E-state index in [2.05, 4.69) is 13.8 Å². The van der Waals surface area contributed by atoms with Gasteiger partial charge in [0.1, 0.15) is 0 Å². The van der Waals surface area contributed by atoms with Crippen molar-refractivity contribution in [2.45, 2.75) is 181 Å². The van der Waals surface area contributed by atoms with Crippen LogP contribution in [0.15, 0.2) is 0 Å². The number of hydrogen-bond donors (Lipinski definition) is 0.